The highest BCUT2D eigenvalue weighted by Gasteiger charge is 2.52. The maximum absolute atomic E-state index is 2.55. The molecule has 1 aromatic heterocycles. The second kappa shape index (κ2) is 13.6. The SMILES string of the molecule is c1ccc(N(c2ccccc2)c2ccc(N(c3cccc4c3C3(c5ccccc5Sc5ccccc53)c3ccccc3-4)c3cccc4c3sc3ccccc34)cc2)cc1. The van der Waals surface area contributed by atoms with Crippen LogP contribution in [0.5, 0.6) is 0 Å². The summed E-state index contributed by atoms with van der Waals surface area (Å²) in [6, 6.07) is 80.4. The van der Waals surface area contributed by atoms with Gasteiger partial charge in [0.05, 0.1) is 21.5 Å². The van der Waals surface area contributed by atoms with Crippen LogP contribution in [0.3, 0.4) is 0 Å². The summed E-state index contributed by atoms with van der Waals surface area (Å²) < 4.78 is 2.57. The Morgan fingerprint density at radius 1 is 0.339 bits per heavy atom. The fourth-order valence-electron chi connectivity index (χ4n) is 9.75. The average Bonchev–Trinajstić information content (AvgIpc) is 3.83. The van der Waals surface area contributed by atoms with E-state index in [0.717, 1.165) is 22.7 Å². The lowest BCUT2D eigenvalue weighted by molar-refractivity contribution is 0.722. The smallest absolute Gasteiger partial charge is 0.0755 e. The first kappa shape index (κ1) is 34.2. The number of para-hydroxylation sites is 2. The average molecular weight is 789 g/mol. The van der Waals surface area contributed by atoms with Gasteiger partial charge in [-0.3, -0.25) is 0 Å². The van der Waals surface area contributed by atoms with Crippen LogP contribution in [0.2, 0.25) is 0 Å². The van der Waals surface area contributed by atoms with E-state index in [2.05, 4.69) is 228 Å². The van der Waals surface area contributed by atoms with Crippen LogP contribution in [0.15, 0.2) is 228 Å². The summed E-state index contributed by atoms with van der Waals surface area (Å²) in [7, 11) is 0. The molecule has 9 aromatic carbocycles. The minimum atomic E-state index is -0.537. The monoisotopic (exact) mass is 788 g/mol. The van der Waals surface area contributed by atoms with Crippen molar-refractivity contribution in [3.63, 3.8) is 0 Å². The summed E-state index contributed by atoms with van der Waals surface area (Å²) >= 11 is 3.77. The fourth-order valence-corrected chi connectivity index (χ4v) is 12.1. The Hall–Kier alpha value is -6.85. The van der Waals surface area contributed by atoms with Gasteiger partial charge in [-0.15, -0.1) is 11.3 Å². The molecule has 0 saturated carbocycles. The van der Waals surface area contributed by atoms with Crippen LogP contribution in [-0.2, 0) is 5.41 Å². The predicted octanol–water partition coefficient (Wildman–Crippen LogP) is 15.8. The van der Waals surface area contributed by atoms with Gasteiger partial charge in [0.15, 0.2) is 0 Å². The number of hydrogen-bond acceptors (Lipinski definition) is 4. The van der Waals surface area contributed by atoms with Gasteiger partial charge in [-0.25, -0.2) is 0 Å². The molecule has 0 saturated heterocycles. The molecule has 0 fully saturated rings. The first-order chi connectivity index (χ1) is 29.3. The van der Waals surface area contributed by atoms with E-state index >= 15 is 0 Å². The van der Waals surface area contributed by atoms with Gasteiger partial charge in [0.25, 0.3) is 0 Å². The van der Waals surface area contributed by atoms with Crippen molar-refractivity contribution >= 4 is 77.4 Å². The molecule has 1 spiro atoms. The van der Waals surface area contributed by atoms with Gasteiger partial charge < -0.3 is 9.80 Å². The molecule has 0 unspecified atom stereocenters. The summed E-state index contributed by atoms with van der Waals surface area (Å²) in [5.41, 5.74) is 14.1. The van der Waals surface area contributed by atoms with Gasteiger partial charge in [0.2, 0.25) is 0 Å². The molecule has 278 valence electrons. The predicted molar refractivity (Wildman–Crippen MR) is 250 cm³/mol. The zero-order valence-corrected chi connectivity index (χ0v) is 33.6. The van der Waals surface area contributed by atoms with Crippen molar-refractivity contribution in [3.8, 4) is 11.1 Å². The fraction of sp³-hybridized carbons (Fsp3) is 0.0182. The zero-order chi connectivity index (χ0) is 38.9. The first-order valence-electron chi connectivity index (χ1n) is 20.1. The molecule has 0 amide bonds. The molecule has 2 nitrogen and oxygen atoms in total. The van der Waals surface area contributed by atoms with Crippen LogP contribution in [0.1, 0.15) is 22.3 Å². The minimum absolute atomic E-state index is 0.537. The van der Waals surface area contributed by atoms with E-state index in [9.17, 15) is 0 Å². The van der Waals surface area contributed by atoms with Crippen molar-refractivity contribution in [1.82, 2.24) is 0 Å². The second-order valence-electron chi connectivity index (χ2n) is 15.2. The van der Waals surface area contributed by atoms with Crippen molar-refractivity contribution < 1.29 is 0 Å². The molecule has 1 aliphatic heterocycles. The third kappa shape index (κ3) is 5.13. The number of nitrogens with zero attached hydrogens (tertiary/aromatic N) is 2. The highest BCUT2D eigenvalue weighted by molar-refractivity contribution is 7.99. The number of fused-ring (bicyclic) bond motifs is 12. The Morgan fingerprint density at radius 3 is 1.53 bits per heavy atom. The van der Waals surface area contributed by atoms with Crippen LogP contribution < -0.4 is 9.80 Å². The highest BCUT2D eigenvalue weighted by atomic mass is 32.2. The lowest BCUT2D eigenvalue weighted by Gasteiger charge is -2.42. The molecule has 4 heteroatoms. The number of benzene rings is 9. The van der Waals surface area contributed by atoms with Gasteiger partial charge in [-0.2, -0.15) is 0 Å². The van der Waals surface area contributed by atoms with Gasteiger partial charge in [-0.05, 0) is 107 Å². The Bertz CT molecular complexity index is 3120. The third-order valence-corrected chi connectivity index (χ3v) is 14.5. The molecule has 2 heterocycles. The van der Waals surface area contributed by atoms with Crippen molar-refractivity contribution in [2.75, 3.05) is 9.80 Å². The van der Waals surface area contributed by atoms with E-state index in [0.29, 0.717) is 0 Å². The maximum Gasteiger partial charge on any atom is 0.0755 e. The summed E-state index contributed by atoms with van der Waals surface area (Å²) in [5, 5.41) is 2.57. The molecule has 1 aliphatic carbocycles. The van der Waals surface area contributed by atoms with Crippen LogP contribution in [0.4, 0.5) is 34.1 Å². The van der Waals surface area contributed by atoms with Gasteiger partial charge >= 0.3 is 0 Å². The Balaban J connectivity index is 1.15. The van der Waals surface area contributed by atoms with E-state index in [1.165, 1.54) is 74.7 Å². The Kier molecular flexibility index (Phi) is 7.90. The summed E-state index contributed by atoms with van der Waals surface area (Å²) in [4.78, 5) is 7.48. The van der Waals surface area contributed by atoms with Gasteiger partial charge in [0, 0.05) is 53.6 Å². The number of hydrogen-bond donors (Lipinski definition) is 0. The van der Waals surface area contributed by atoms with Crippen molar-refractivity contribution in [1.29, 1.82) is 0 Å². The van der Waals surface area contributed by atoms with E-state index in [1.54, 1.807) is 0 Å². The van der Waals surface area contributed by atoms with Crippen molar-refractivity contribution in [2.24, 2.45) is 0 Å². The standard InChI is InChI=1S/C55H36N2S2/c1-3-17-37(18-4-1)56(38-19-5-2-6-20-38)39-33-35-40(36-34-39)57(49-29-16-24-44-42-22-8-12-30-50(42)59-54(44)49)48-28-15-23-43-41-21-7-9-25-45(41)55(53(43)48)46-26-10-13-31-51(46)58-52-32-14-11-27-47(52)55/h1-36H. The molecule has 0 bridgehead atoms. The van der Waals surface area contributed by atoms with Crippen molar-refractivity contribution in [3.05, 3.63) is 241 Å². The lowest BCUT2D eigenvalue weighted by atomic mass is 9.66. The molecular weight excluding hydrogens is 753 g/mol. The molecule has 0 N–H and O–H groups in total. The number of rotatable bonds is 6. The topological polar surface area (TPSA) is 6.48 Å². The zero-order valence-electron chi connectivity index (χ0n) is 32.0. The quantitative estimate of drug-likeness (QED) is 0.166. The molecule has 2 aliphatic rings. The normalized spacial score (nSPS) is 13.2. The molecule has 12 rings (SSSR count). The molecule has 59 heavy (non-hydrogen) atoms. The largest absolute Gasteiger partial charge is 0.311 e. The summed E-state index contributed by atoms with van der Waals surface area (Å²) in [6.07, 6.45) is 0. The van der Waals surface area contributed by atoms with Crippen LogP contribution in [0, 0.1) is 0 Å². The first-order valence-corrected chi connectivity index (χ1v) is 21.7. The number of anilines is 6. The second-order valence-corrected chi connectivity index (χ2v) is 17.3. The summed E-state index contributed by atoms with van der Waals surface area (Å²) in [5.74, 6) is 0. The van der Waals surface area contributed by atoms with E-state index < -0.39 is 5.41 Å². The highest BCUT2D eigenvalue weighted by Crippen LogP contribution is 2.65. The molecule has 0 radical (unpaired) electrons. The molecule has 10 aromatic rings. The maximum atomic E-state index is 2.55. The third-order valence-electron chi connectivity index (χ3n) is 12.1. The van der Waals surface area contributed by atoms with E-state index in [-0.39, 0.29) is 0 Å². The van der Waals surface area contributed by atoms with Crippen LogP contribution in [-0.4, -0.2) is 0 Å². The van der Waals surface area contributed by atoms with Gasteiger partial charge in [-0.1, -0.05) is 151 Å². The number of thiophene rings is 1. The Labute approximate surface area is 352 Å². The van der Waals surface area contributed by atoms with E-state index in [1.807, 2.05) is 23.1 Å². The van der Waals surface area contributed by atoms with Crippen LogP contribution in [0.25, 0.3) is 31.3 Å². The molecular formula is C55H36N2S2. The van der Waals surface area contributed by atoms with Crippen LogP contribution >= 0.6 is 23.1 Å². The summed E-state index contributed by atoms with van der Waals surface area (Å²) in [6.45, 7) is 0. The molecule has 0 atom stereocenters. The van der Waals surface area contributed by atoms with Crippen molar-refractivity contribution in [2.45, 2.75) is 15.2 Å². The van der Waals surface area contributed by atoms with Gasteiger partial charge in [0.1, 0.15) is 0 Å². The van der Waals surface area contributed by atoms with E-state index in [4.69, 9.17) is 0 Å². The Morgan fingerprint density at radius 2 is 0.831 bits per heavy atom. The minimum Gasteiger partial charge on any atom is -0.311 e. The lowest BCUT2D eigenvalue weighted by Crippen LogP contribution is -2.33.